The van der Waals surface area contributed by atoms with Gasteiger partial charge in [-0.2, -0.15) is 0 Å². The largest absolute Gasteiger partial charge is 0.396 e. The number of nitro groups is 1. The highest BCUT2D eigenvalue weighted by Crippen LogP contribution is 2.36. The van der Waals surface area contributed by atoms with Gasteiger partial charge in [-0.15, -0.1) is 0 Å². The van der Waals surface area contributed by atoms with Gasteiger partial charge in [0.25, 0.3) is 5.69 Å². The standard InChI is InChI=1S/C15H21ClN2O4/c1-11-8-13(12(16)9-14(11)18(20)21)17-10-15(2-5-19)3-6-22-7-4-15/h8-9,17,19H,2-7,10H2,1H3. The minimum Gasteiger partial charge on any atom is -0.396 e. The highest BCUT2D eigenvalue weighted by atomic mass is 35.5. The zero-order chi connectivity index (χ0) is 16.2. The fourth-order valence-electron chi connectivity index (χ4n) is 2.84. The number of anilines is 1. The van der Waals surface area contributed by atoms with E-state index >= 15 is 0 Å². The molecule has 1 aliphatic rings. The maximum absolute atomic E-state index is 10.9. The van der Waals surface area contributed by atoms with Gasteiger partial charge in [0, 0.05) is 38.0 Å². The second-order valence-electron chi connectivity index (χ2n) is 5.82. The molecule has 0 aliphatic carbocycles. The summed E-state index contributed by atoms with van der Waals surface area (Å²) in [5, 5.41) is 23.8. The predicted octanol–water partition coefficient (Wildman–Crippen LogP) is 3.15. The monoisotopic (exact) mass is 328 g/mol. The molecule has 1 fully saturated rings. The van der Waals surface area contributed by atoms with Crippen molar-refractivity contribution in [3.8, 4) is 0 Å². The van der Waals surface area contributed by atoms with E-state index in [9.17, 15) is 15.2 Å². The van der Waals surface area contributed by atoms with E-state index in [-0.39, 0.29) is 17.7 Å². The molecule has 6 nitrogen and oxygen atoms in total. The molecule has 0 atom stereocenters. The van der Waals surface area contributed by atoms with Gasteiger partial charge in [0.05, 0.1) is 15.6 Å². The van der Waals surface area contributed by atoms with E-state index in [2.05, 4.69) is 5.32 Å². The highest BCUT2D eigenvalue weighted by molar-refractivity contribution is 6.33. The molecule has 0 aromatic heterocycles. The zero-order valence-electron chi connectivity index (χ0n) is 12.6. The van der Waals surface area contributed by atoms with Crippen molar-refractivity contribution < 1.29 is 14.8 Å². The third-order valence-electron chi connectivity index (χ3n) is 4.33. The molecule has 1 heterocycles. The van der Waals surface area contributed by atoms with E-state index in [1.807, 2.05) is 0 Å². The molecule has 1 aromatic rings. The number of aliphatic hydroxyl groups is 1. The van der Waals surface area contributed by atoms with Crippen LogP contribution >= 0.6 is 11.6 Å². The van der Waals surface area contributed by atoms with Gasteiger partial charge in [0.1, 0.15) is 0 Å². The van der Waals surface area contributed by atoms with E-state index in [0.717, 1.165) is 12.8 Å². The van der Waals surface area contributed by atoms with Crippen LogP contribution in [0.1, 0.15) is 24.8 Å². The summed E-state index contributed by atoms with van der Waals surface area (Å²) in [6.45, 7) is 3.86. The van der Waals surface area contributed by atoms with Crippen molar-refractivity contribution in [2.75, 3.05) is 31.7 Å². The number of benzene rings is 1. The summed E-state index contributed by atoms with van der Waals surface area (Å²) < 4.78 is 5.40. The van der Waals surface area contributed by atoms with Gasteiger partial charge < -0.3 is 15.2 Å². The Labute approximate surface area is 134 Å². The molecule has 2 N–H and O–H groups in total. The lowest BCUT2D eigenvalue weighted by molar-refractivity contribution is -0.385. The lowest BCUT2D eigenvalue weighted by Crippen LogP contribution is -2.37. The molecular weight excluding hydrogens is 308 g/mol. The molecule has 1 aliphatic heterocycles. The van der Waals surface area contributed by atoms with E-state index in [0.29, 0.717) is 42.5 Å². The van der Waals surface area contributed by atoms with Crippen LogP contribution < -0.4 is 5.32 Å². The number of halogens is 1. The Balaban J connectivity index is 2.13. The summed E-state index contributed by atoms with van der Waals surface area (Å²) in [5.74, 6) is 0. The summed E-state index contributed by atoms with van der Waals surface area (Å²) in [5.41, 5.74) is 1.26. The van der Waals surface area contributed by atoms with Gasteiger partial charge >= 0.3 is 0 Å². The molecule has 0 unspecified atom stereocenters. The number of aliphatic hydroxyl groups excluding tert-OH is 1. The quantitative estimate of drug-likeness (QED) is 0.619. The first-order valence-electron chi connectivity index (χ1n) is 7.34. The van der Waals surface area contributed by atoms with Crippen LogP contribution in [0, 0.1) is 22.5 Å². The summed E-state index contributed by atoms with van der Waals surface area (Å²) in [6.07, 6.45) is 2.46. The molecule has 2 rings (SSSR count). The Morgan fingerprint density at radius 1 is 1.45 bits per heavy atom. The van der Waals surface area contributed by atoms with Crippen molar-refractivity contribution in [2.45, 2.75) is 26.2 Å². The molecule has 0 radical (unpaired) electrons. The number of aryl methyl sites for hydroxylation is 1. The van der Waals surface area contributed by atoms with Gasteiger partial charge in [-0.05, 0) is 37.7 Å². The average Bonchev–Trinajstić information content (AvgIpc) is 2.49. The molecule has 0 saturated carbocycles. The Bertz CT molecular complexity index is 539. The molecule has 22 heavy (non-hydrogen) atoms. The van der Waals surface area contributed by atoms with Crippen LogP contribution in [0.5, 0.6) is 0 Å². The summed E-state index contributed by atoms with van der Waals surface area (Å²) in [7, 11) is 0. The van der Waals surface area contributed by atoms with Crippen molar-refractivity contribution in [1.82, 2.24) is 0 Å². The maximum atomic E-state index is 10.9. The van der Waals surface area contributed by atoms with Crippen LogP contribution in [-0.2, 0) is 4.74 Å². The van der Waals surface area contributed by atoms with Crippen molar-refractivity contribution >= 4 is 23.0 Å². The van der Waals surface area contributed by atoms with Gasteiger partial charge in [0.2, 0.25) is 0 Å². The highest BCUT2D eigenvalue weighted by Gasteiger charge is 2.32. The second kappa shape index (κ2) is 7.26. The maximum Gasteiger partial charge on any atom is 0.273 e. The topological polar surface area (TPSA) is 84.6 Å². The minimum absolute atomic E-state index is 0.0201. The predicted molar refractivity (Wildman–Crippen MR) is 85.5 cm³/mol. The first kappa shape index (κ1) is 17.0. The normalized spacial score (nSPS) is 17.2. The molecular formula is C15H21ClN2O4. The molecule has 1 aromatic carbocycles. The SMILES string of the molecule is Cc1cc(NCC2(CCO)CCOCC2)c(Cl)cc1[N+](=O)[O-]. The third kappa shape index (κ3) is 3.88. The molecule has 122 valence electrons. The molecule has 0 amide bonds. The third-order valence-corrected chi connectivity index (χ3v) is 4.64. The summed E-state index contributed by atoms with van der Waals surface area (Å²) >= 11 is 6.14. The first-order valence-corrected chi connectivity index (χ1v) is 7.72. The number of nitrogens with one attached hydrogen (secondary N) is 1. The van der Waals surface area contributed by atoms with E-state index in [1.54, 1.807) is 13.0 Å². The smallest absolute Gasteiger partial charge is 0.273 e. The number of ether oxygens (including phenoxy) is 1. The average molecular weight is 329 g/mol. The van der Waals surface area contributed by atoms with Crippen molar-refractivity contribution in [1.29, 1.82) is 0 Å². The Morgan fingerprint density at radius 3 is 2.73 bits per heavy atom. The van der Waals surface area contributed by atoms with Gasteiger partial charge in [-0.3, -0.25) is 10.1 Å². The van der Waals surface area contributed by atoms with Gasteiger partial charge in [-0.1, -0.05) is 11.6 Å². The van der Waals surface area contributed by atoms with Crippen molar-refractivity contribution in [2.24, 2.45) is 5.41 Å². The van der Waals surface area contributed by atoms with E-state index in [4.69, 9.17) is 16.3 Å². The van der Waals surface area contributed by atoms with Crippen LogP contribution in [0.15, 0.2) is 12.1 Å². The Hall–Kier alpha value is -1.37. The zero-order valence-corrected chi connectivity index (χ0v) is 13.4. The fourth-order valence-corrected chi connectivity index (χ4v) is 3.07. The molecule has 7 heteroatoms. The van der Waals surface area contributed by atoms with Gasteiger partial charge in [0.15, 0.2) is 0 Å². The van der Waals surface area contributed by atoms with Crippen molar-refractivity contribution in [3.05, 3.63) is 32.8 Å². The second-order valence-corrected chi connectivity index (χ2v) is 6.22. The lowest BCUT2D eigenvalue weighted by Gasteiger charge is -2.37. The van der Waals surface area contributed by atoms with Gasteiger partial charge in [-0.25, -0.2) is 0 Å². The van der Waals surface area contributed by atoms with Crippen LogP contribution in [0.4, 0.5) is 11.4 Å². The summed E-state index contributed by atoms with van der Waals surface area (Å²) in [6, 6.07) is 3.08. The Morgan fingerprint density at radius 2 is 2.14 bits per heavy atom. The number of rotatable bonds is 6. The van der Waals surface area contributed by atoms with Crippen LogP contribution in [0.3, 0.4) is 0 Å². The summed E-state index contributed by atoms with van der Waals surface area (Å²) in [4.78, 5) is 10.5. The minimum atomic E-state index is -0.434. The Kier molecular flexibility index (Phi) is 5.61. The van der Waals surface area contributed by atoms with Crippen LogP contribution in [-0.4, -0.2) is 36.4 Å². The first-order chi connectivity index (χ1) is 10.5. The van der Waals surface area contributed by atoms with E-state index in [1.165, 1.54) is 6.07 Å². The molecule has 0 bridgehead atoms. The fraction of sp³-hybridized carbons (Fsp3) is 0.600. The lowest BCUT2D eigenvalue weighted by atomic mass is 9.77. The van der Waals surface area contributed by atoms with Crippen LogP contribution in [0.2, 0.25) is 5.02 Å². The van der Waals surface area contributed by atoms with E-state index < -0.39 is 4.92 Å². The number of hydrogen-bond donors (Lipinski definition) is 2. The van der Waals surface area contributed by atoms with Crippen LogP contribution in [0.25, 0.3) is 0 Å². The number of hydrogen-bond acceptors (Lipinski definition) is 5. The molecule has 1 saturated heterocycles. The van der Waals surface area contributed by atoms with Crippen molar-refractivity contribution in [3.63, 3.8) is 0 Å². The molecule has 0 spiro atoms. The number of nitro benzene ring substituents is 1. The number of nitrogens with zero attached hydrogens (tertiary/aromatic N) is 1.